The monoisotopic (exact) mass is 361 g/mol. The molecule has 0 aromatic heterocycles. The first-order chi connectivity index (χ1) is 12.3. The molecule has 0 aliphatic carbocycles. The summed E-state index contributed by atoms with van der Waals surface area (Å²) in [4.78, 5) is 48.6. The van der Waals surface area contributed by atoms with Crippen LogP contribution in [0.4, 0.5) is 10.5 Å². The van der Waals surface area contributed by atoms with E-state index in [1.54, 1.807) is 19.9 Å². The van der Waals surface area contributed by atoms with Crippen molar-refractivity contribution in [3.05, 3.63) is 29.8 Å². The first-order valence-electron chi connectivity index (χ1n) is 8.47. The Hall–Kier alpha value is -2.90. The number of ether oxygens (including phenoxy) is 1. The maximum absolute atomic E-state index is 12.2. The molecule has 1 aliphatic rings. The highest BCUT2D eigenvalue weighted by atomic mass is 16.5. The molecule has 8 heteroatoms. The molecule has 4 amide bonds. The van der Waals surface area contributed by atoms with Gasteiger partial charge in [-0.05, 0) is 37.5 Å². The van der Waals surface area contributed by atoms with E-state index in [1.165, 1.54) is 0 Å². The zero-order chi connectivity index (χ0) is 19.3. The third-order valence-corrected chi connectivity index (χ3v) is 4.32. The quantitative estimate of drug-likeness (QED) is 0.565. The number of anilines is 1. The fourth-order valence-electron chi connectivity index (χ4n) is 2.52. The largest absolute Gasteiger partial charge is 0.454 e. The van der Waals surface area contributed by atoms with Crippen LogP contribution in [0.2, 0.25) is 0 Å². The molecule has 2 rings (SSSR count). The van der Waals surface area contributed by atoms with E-state index in [9.17, 15) is 19.2 Å². The van der Waals surface area contributed by atoms with Crippen LogP contribution in [-0.2, 0) is 25.5 Å². The predicted molar refractivity (Wildman–Crippen MR) is 94.3 cm³/mol. The maximum atomic E-state index is 12.2. The molecule has 1 aromatic rings. The van der Waals surface area contributed by atoms with Crippen LogP contribution in [0.5, 0.6) is 0 Å². The third-order valence-electron chi connectivity index (χ3n) is 4.32. The molecule has 8 nitrogen and oxygen atoms in total. The summed E-state index contributed by atoms with van der Waals surface area (Å²) in [5.41, 5.74) is 0.662. The Bertz CT molecular complexity index is 733. The molecule has 1 atom stereocenters. The van der Waals surface area contributed by atoms with E-state index < -0.39 is 42.5 Å². The predicted octanol–water partition coefficient (Wildman–Crippen LogP) is 1.45. The van der Waals surface area contributed by atoms with Gasteiger partial charge in [0.1, 0.15) is 12.1 Å². The molecule has 0 spiro atoms. The van der Waals surface area contributed by atoms with Crippen molar-refractivity contribution in [3.63, 3.8) is 0 Å². The number of hydrogen-bond donors (Lipinski definition) is 2. The highest BCUT2D eigenvalue weighted by molar-refractivity contribution is 6.08. The number of imide groups is 1. The van der Waals surface area contributed by atoms with Gasteiger partial charge in [-0.1, -0.05) is 26.0 Å². The first kappa shape index (κ1) is 19.4. The van der Waals surface area contributed by atoms with Crippen LogP contribution in [0.25, 0.3) is 0 Å². The van der Waals surface area contributed by atoms with Crippen LogP contribution in [0, 0.1) is 0 Å². The number of urea groups is 1. The number of hydrogen-bond acceptors (Lipinski definition) is 5. The molecule has 0 saturated carbocycles. The van der Waals surface area contributed by atoms with Crippen LogP contribution >= 0.6 is 0 Å². The summed E-state index contributed by atoms with van der Waals surface area (Å²) in [5.74, 6) is -1.81. The summed E-state index contributed by atoms with van der Waals surface area (Å²) in [6.07, 6.45) is 1.24. The number of carbonyl (C=O) groups is 4. The van der Waals surface area contributed by atoms with E-state index in [4.69, 9.17) is 4.74 Å². The maximum Gasteiger partial charge on any atom is 0.326 e. The Labute approximate surface area is 151 Å². The van der Waals surface area contributed by atoms with E-state index in [0.29, 0.717) is 12.1 Å². The van der Waals surface area contributed by atoms with Crippen LogP contribution in [-0.4, -0.2) is 47.4 Å². The van der Waals surface area contributed by atoms with Crippen LogP contribution < -0.4 is 10.6 Å². The fourth-order valence-corrected chi connectivity index (χ4v) is 2.52. The average molecular weight is 361 g/mol. The number of aryl methyl sites for hydroxylation is 1. The first-order valence-corrected chi connectivity index (χ1v) is 8.47. The van der Waals surface area contributed by atoms with Crippen molar-refractivity contribution < 1.29 is 23.9 Å². The zero-order valence-electron chi connectivity index (χ0n) is 15.1. The second-order valence-electron chi connectivity index (χ2n) is 6.27. The highest BCUT2D eigenvalue weighted by Gasteiger charge is 2.47. The van der Waals surface area contributed by atoms with Gasteiger partial charge in [0.05, 0.1) is 0 Å². The topological polar surface area (TPSA) is 105 Å². The van der Waals surface area contributed by atoms with Gasteiger partial charge in [-0.2, -0.15) is 0 Å². The molecule has 0 bridgehead atoms. The average Bonchev–Trinajstić information content (AvgIpc) is 2.84. The van der Waals surface area contributed by atoms with E-state index in [-0.39, 0.29) is 0 Å². The molecule has 1 saturated heterocycles. The van der Waals surface area contributed by atoms with Crippen molar-refractivity contribution in [2.45, 2.75) is 39.2 Å². The molecule has 1 aromatic carbocycles. The van der Waals surface area contributed by atoms with Gasteiger partial charge in [-0.25, -0.2) is 4.79 Å². The summed E-state index contributed by atoms with van der Waals surface area (Å²) < 4.78 is 4.87. The lowest BCUT2D eigenvalue weighted by molar-refractivity contribution is -0.150. The second-order valence-corrected chi connectivity index (χ2v) is 6.27. The summed E-state index contributed by atoms with van der Waals surface area (Å²) in [5, 5.41) is 5.17. The fraction of sp³-hybridized carbons (Fsp3) is 0.444. The third kappa shape index (κ3) is 4.38. The van der Waals surface area contributed by atoms with Crippen molar-refractivity contribution in [3.8, 4) is 0 Å². The molecule has 1 aliphatic heterocycles. The van der Waals surface area contributed by atoms with E-state index >= 15 is 0 Å². The normalized spacial score (nSPS) is 19.3. The summed E-state index contributed by atoms with van der Waals surface area (Å²) >= 11 is 0. The summed E-state index contributed by atoms with van der Waals surface area (Å²) in [6, 6.07) is 6.69. The van der Waals surface area contributed by atoms with Gasteiger partial charge in [-0.15, -0.1) is 0 Å². The van der Waals surface area contributed by atoms with Gasteiger partial charge < -0.3 is 15.4 Å². The van der Waals surface area contributed by atoms with Crippen molar-refractivity contribution in [2.24, 2.45) is 0 Å². The van der Waals surface area contributed by atoms with E-state index in [0.717, 1.165) is 16.9 Å². The Morgan fingerprint density at radius 3 is 2.62 bits per heavy atom. The summed E-state index contributed by atoms with van der Waals surface area (Å²) in [6.45, 7) is 4.33. The number of nitrogens with one attached hydrogen (secondary N) is 2. The van der Waals surface area contributed by atoms with Gasteiger partial charge in [0.15, 0.2) is 6.61 Å². The van der Waals surface area contributed by atoms with Crippen molar-refractivity contribution in [2.75, 3.05) is 18.5 Å². The number of esters is 1. The molecular weight excluding hydrogens is 338 g/mol. The van der Waals surface area contributed by atoms with Gasteiger partial charge >= 0.3 is 12.0 Å². The lowest BCUT2D eigenvalue weighted by atomic mass is 9.99. The van der Waals surface area contributed by atoms with Gasteiger partial charge in [0, 0.05) is 5.69 Å². The Kier molecular flexibility index (Phi) is 5.97. The van der Waals surface area contributed by atoms with E-state index in [2.05, 4.69) is 10.6 Å². The number of nitrogens with zero attached hydrogens (tertiary/aromatic N) is 1. The molecule has 140 valence electrons. The highest BCUT2D eigenvalue weighted by Crippen LogP contribution is 2.20. The Morgan fingerprint density at radius 2 is 2.00 bits per heavy atom. The van der Waals surface area contributed by atoms with Gasteiger partial charge in [0.2, 0.25) is 0 Å². The molecule has 1 fully saturated rings. The zero-order valence-corrected chi connectivity index (χ0v) is 15.1. The molecule has 1 heterocycles. The van der Waals surface area contributed by atoms with Crippen molar-refractivity contribution in [1.82, 2.24) is 10.2 Å². The van der Waals surface area contributed by atoms with E-state index in [1.807, 2.05) is 25.1 Å². The number of rotatable bonds is 7. The Morgan fingerprint density at radius 1 is 1.27 bits per heavy atom. The standard InChI is InChI=1S/C18H23N3O5/c1-4-12-7-6-8-13(9-12)19-14(22)11-26-15(23)10-21-16(24)18(3,5-2)20-17(21)25/h6-9H,4-5,10-11H2,1-3H3,(H,19,22)(H,20,25). The molecule has 2 N–H and O–H groups in total. The summed E-state index contributed by atoms with van der Waals surface area (Å²) in [7, 11) is 0. The lowest BCUT2D eigenvalue weighted by Crippen LogP contribution is -2.43. The molecular formula is C18H23N3O5. The minimum Gasteiger partial charge on any atom is -0.454 e. The van der Waals surface area contributed by atoms with Crippen LogP contribution in [0.1, 0.15) is 32.8 Å². The van der Waals surface area contributed by atoms with Crippen LogP contribution in [0.15, 0.2) is 24.3 Å². The Balaban J connectivity index is 1.84. The molecule has 0 radical (unpaired) electrons. The minimum absolute atomic E-state index is 0.405. The minimum atomic E-state index is -1.01. The SMILES string of the molecule is CCc1cccc(NC(=O)COC(=O)CN2C(=O)NC(C)(CC)C2=O)c1. The number of carbonyl (C=O) groups excluding carboxylic acids is 4. The van der Waals surface area contributed by atoms with Gasteiger partial charge in [-0.3, -0.25) is 19.3 Å². The molecule has 26 heavy (non-hydrogen) atoms. The smallest absolute Gasteiger partial charge is 0.326 e. The van der Waals surface area contributed by atoms with Crippen molar-refractivity contribution >= 4 is 29.5 Å². The molecule has 1 unspecified atom stereocenters. The second kappa shape index (κ2) is 7.99. The van der Waals surface area contributed by atoms with Crippen LogP contribution in [0.3, 0.4) is 0 Å². The van der Waals surface area contributed by atoms with Gasteiger partial charge in [0.25, 0.3) is 11.8 Å². The van der Waals surface area contributed by atoms with Crippen molar-refractivity contribution in [1.29, 1.82) is 0 Å². The number of amides is 4. The number of benzene rings is 1. The lowest BCUT2D eigenvalue weighted by Gasteiger charge is -2.18.